The van der Waals surface area contributed by atoms with E-state index < -0.39 is 37.1 Å². The summed E-state index contributed by atoms with van der Waals surface area (Å²) in [6, 6.07) is 13.4. The van der Waals surface area contributed by atoms with Gasteiger partial charge in [-0.25, -0.2) is 0 Å². The van der Waals surface area contributed by atoms with Crippen molar-refractivity contribution in [1.82, 2.24) is 0 Å². The minimum Gasteiger partial charge on any atom is -0.394 e. The number of terminal acetylenes is 1. The molecule has 5 atom stereocenters. The molecule has 0 unspecified atom stereocenters. The third-order valence-corrected chi connectivity index (χ3v) is 5.11. The van der Waals surface area contributed by atoms with E-state index in [2.05, 4.69) is 5.92 Å². The van der Waals surface area contributed by atoms with Crippen LogP contribution in [0.25, 0.3) is 0 Å². The van der Waals surface area contributed by atoms with Crippen molar-refractivity contribution in [2.24, 2.45) is 0 Å². The molecule has 0 spiro atoms. The Balaban J connectivity index is 1.86. The number of ether oxygens (including phenoxy) is 1. The minimum absolute atomic E-state index is 0.443. The molecule has 2 aromatic rings. The van der Waals surface area contributed by atoms with Crippen molar-refractivity contribution in [3.8, 4) is 12.3 Å². The molecule has 0 amide bonds. The Kier molecular flexibility index (Phi) is 5.95. The molecule has 5 nitrogen and oxygen atoms in total. The van der Waals surface area contributed by atoms with Crippen molar-refractivity contribution in [3.63, 3.8) is 0 Å². The third kappa shape index (κ3) is 4.06. The van der Waals surface area contributed by atoms with E-state index in [4.69, 9.17) is 11.2 Å². The summed E-state index contributed by atoms with van der Waals surface area (Å²) in [7, 11) is 0. The number of hydrogen-bond acceptors (Lipinski definition) is 5. The van der Waals surface area contributed by atoms with Crippen LogP contribution in [0.15, 0.2) is 42.5 Å². The molecule has 1 aliphatic heterocycles. The smallest absolute Gasteiger partial charge is 0.113 e. The van der Waals surface area contributed by atoms with Crippen molar-refractivity contribution in [2.45, 2.75) is 43.9 Å². The molecule has 0 aromatic heterocycles. The summed E-state index contributed by atoms with van der Waals surface area (Å²) >= 11 is 0. The maximum Gasteiger partial charge on any atom is 0.113 e. The van der Waals surface area contributed by atoms with Crippen LogP contribution in [-0.2, 0) is 11.2 Å². The van der Waals surface area contributed by atoms with Gasteiger partial charge >= 0.3 is 0 Å². The van der Waals surface area contributed by atoms with E-state index in [1.54, 1.807) is 0 Å². The van der Waals surface area contributed by atoms with Crippen molar-refractivity contribution in [3.05, 3.63) is 70.3 Å². The molecule has 27 heavy (non-hydrogen) atoms. The van der Waals surface area contributed by atoms with Crippen LogP contribution in [0.1, 0.15) is 33.9 Å². The molecule has 3 rings (SSSR count). The normalized spacial score (nSPS) is 27.9. The zero-order valence-electron chi connectivity index (χ0n) is 15.1. The van der Waals surface area contributed by atoms with Crippen LogP contribution in [0.4, 0.5) is 0 Å². The zero-order chi connectivity index (χ0) is 19.6. The number of aliphatic hydroxyl groups is 4. The maximum atomic E-state index is 10.3. The van der Waals surface area contributed by atoms with Crippen molar-refractivity contribution in [2.75, 3.05) is 6.61 Å². The van der Waals surface area contributed by atoms with Crippen molar-refractivity contribution < 1.29 is 25.2 Å². The SMILES string of the molecule is C#Cc1ccc(Cc2cc([C@@H]3O[C@H](CO)[C@@H](O)[C@H](O)[C@H]3O)ccc2C)cc1. The predicted molar refractivity (Wildman–Crippen MR) is 101 cm³/mol. The molecule has 142 valence electrons. The molecule has 1 fully saturated rings. The quantitative estimate of drug-likeness (QED) is 0.607. The van der Waals surface area contributed by atoms with Gasteiger partial charge in [0.1, 0.15) is 30.5 Å². The fraction of sp³-hybridized carbons (Fsp3) is 0.364. The first-order valence-electron chi connectivity index (χ1n) is 8.90. The molecular weight excluding hydrogens is 344 g/mol. The number of aryl methyl sites for hydroxylation is 1. The van der Waals surface area contributed by atoms with Crippen LogP contribution >= 0.6 is 0 Å². The monoisotopic (exact) mass is 368 g/mol. The molecule has 4 N–H and O–H groups in total. The highest BCUT2D eigenvalue weighted by Gasteiger charge is 2.43. The molecule has 0 aliphatic carbocycles. The molecule has 1 saturated heterocycles. The lowest BCUT2D eigenvalue weighted by atomic mass is 9.89. The molecule has 0 saturated carbocycles. The van der Waals surface area contributed by atoms with Crippen LogP contribution in [0.5, 0.6) is 0 Å². The minimum atomic E-state index is -1.39. The molecule has 1 aliphatic rings. The van der Waals surface area contributed by atoms with E-state index in [1.807, 2.05) is 49.4 Å². The summed E-state index contributed by atoms with van der Waals surface area (Å²) in [5.41, 5.74) is 4.75. The lowest BCUT2D eigenvalue weighted by Gasteiger charge is -2.40. The van der Waals surface area contributed by atoms with Gasteiger partial charge in [-0.1, -0.05) is 36.3 Å². The summed E-state index contributed by atoms with van der Waals surface area (Å²) in [4.78, 5) is 0. The van der Waals surface area contributed by atoms with Crippen LogP contribution in [-0.4, -0.2) is 51.4 Å². The van der Waals surface area contributed by atoms with Gasteiger partial charge in [-0.05, 0) is 47.7 Å². The maximum absolute atomic E-state index is 10.3. The van der Waals surface area contributed by atoms with Gasteiger partial charge in [0, 0.05) is 5.56 Å². The van der Waals surface area contributed by atoms with Gasteiger partial charge in [0.15, 0.2) is 0 Å². The standard InChI is InChI=1S/C22H24O5/c1-3-14-5-7-15(8-6-14)10-17-11-16(9-4-13(17)2)22-21(26)20(25)19(24)18(12-23)27-22/h1,4-9,11,18-26H,10,12H2,2H3/t18-,19-,20+,21-,22+/m1/s1. The van der Waals surface area contributed by atoms with Crippen molar-refractivity contribution >= 4 is 0 Å². The molecule has 1 heterocycles. The molecular formula is C22H24O5. The highest BCUT2D eigenvalue weighted by atomic mass is 16.5. The van der Waals surface area contributed by atoms with Gasteiger partial charge in [0.05, 0.1) is 6.61 Å². The predicted octanol–water partition coefficient (Wildman–Crippen LogP) is 1.08. The van der Waals surface area contributed by atoms with Crippen LogP contribution in [0.3, 0.4) is 0 Å². The first-order chi connectivity index (χ1) is 12.9. The second-order valence-electron chi connectivity index (χ2n) is 6.95. The van der Waals surface area contributed by atoms with Gasteiger partial charge in [0.25, 0.3) is 0 Å². The highest BCUT2D eigenvalue weighted by Crippen LogP contribution is 2.33. The Bertz CT molecular complexity index is 822. The van der Waals surface area contributed by atoms with E-state index in [0.717, 1.165) is 22.3 Å². The average molecular weight is 368 g/mol. The first kappa shape index (κ1) is 19.6. The average Bonchev–Trinajstić information content (AvgIpc) is 2.69. The number of hydrogen-bond donors (Lipinski definition) is 4. The Morgan fingerprint density at radius 2 is 1.70 bits per heavy atom. The molecule has 2 aromatic carbocycles. The molecule has 0 radical (unpaired) electrons. The Labute approximate surface area is 158 Å². The van der Waals surface area contributed by atoms with Gasteiger partial charge in [-0.15, -0.1) is 6.42 Å². The number of rotatable bonds is 4. The summed E-state index contributed by atoms with van der Waals surface area (Å²) in [6.45, 7) is 1.56. The van der Waals surface area contributed by atoms with Gasteiger partial charge in [-0.3, -0.25) is 0 Å². The lowest BCUT2D eigenvalue weighted by Crippen LogP contribution is -2.55. The summed E-state index contributed by atoms with van der Waals surface area (Å²) in [5.74, 6) is 2.59. The van der Waals surface area contributed by atoms with Crippen LogP contribution < -0.4 is 0 Å². The van der Waals surface area contributed by atoms with Gasteiger partial charge in [0.2, 0.25) is 0 Å². The fourth-order valence-electron chi connectivity index (χ4n) is 3.37. The van der Waals surface area contributed by atoms with Crippen molar-refractivity contribution in [1.29, 1.82) is 0 Å². The van der Waals surface area contributed by atoms with E-state index >= 15 is 0 Å². The highest BCUT2D eigenvalue weighted by molar-refractivity contribution is 5.39. The van der Waals surface area contributed by atoms with Crippen LogP contribution in [0, 0.1) is 19.3 Å². The molecule has 0 bridgehead atoms. The van der Waals surface area contributed by atoms with Gasteiger partial charge < -0.3 is 25.2 Å². The topological polar surface area (TPSA) is 90.2 Å². The molecule has 5 heteroatoms. The second kappa shape index (κ2) is 8.22. The fourth-order valence-corrected chi connectivity index (χ4v) is 3.37. The van der Waals surface area contributed by atoms with E-state index in [9.17, 15) is 20.4 Å². The summed E-state index contributed by atoms with van der Waals surface area (Å²) in [6.07, 6.45) is 0.291. The Morgan fingerprint density at radius 3 is 2.33 bits per heavy atom. The first-order valence-corrected chi connectivity index (χ1v) is 8.90. The van der Waals surface area contributed by atoms with E-state index in [0.29, 0.717) is 12.0 Å². The Morgan fingerprint density at radius 1 is 1.00 bits per heavy atom. The second-order valence-corrected chi connectivity index (χ2v) is 6.95. The summed E-state index contributed by atoms with van der Waals surface area (Å²) in [5, 5.41) is 39.7. The van der Waals surface area contributed by atoms with E-state index in [1.165, 1.54) is 0 Å². The number of benzene rings is 2. The lowest BCUT2D eigenvalue weighted by molar-refractivity contribution is -0.231. The largest absolute Gasteiger partial charge is 0.394 e. The van der Waals surface area contributed by atoms with E-state index in [-0.39, 0.29) is 0 Å². The van der Waals surface area contributed by atoms with Crippen LogP contribution in [0.2, 0.25) is 0 Å². The zero-order valence-corrected chi connectivity index (χ0v) is 15.1. The summed E-state index contributed by atoms with van der Waals surface area (Å²) < 4.78 is 5.66. The third-order valence-electron chi connectivity index (χ3n) is 5.11. The Hall–Kier alpha value is -2.20. The van der Waals surface area contributed by atoms with Gasteiger partial charge in [-0.2, -0.15) is 0 Å². The number of aliphatic hydroxyl groups excluding tert-OH is 4.